The Morgan fingerprint density at radius 2 is 1.98 bits per heavy atom. The molecular weight excluding hydrogens is 560 g/mol. The predicted molar refractivity (Wildman–Crippen MR) is 165 cm³/mol. The molecule has 1 atom stereocenters. The summed E-state index contributed by atoms with van der Waals surface area (Å²) in [7, 11) is 0. The number of para-hydroxylation sites is 2. The minimum Gasteiger partial charge on any atom is -0.448 e. The Morgan fingerprint density at radius 3 is 2.75 bits per heavy atom. The number of carbonyl (C=O) groups excluding carboxylic acids is 1. The largest absolute Gasteiger partial charge is 0.448 e. The van der Waals surface area contributed by atoms with Gasteiger partial charge in [0.1, 0.15) is 10.8 Å². The van der Waals surface area contributed by atoms with Gasteiger partial charge in [-0.05, 0) is 96.5 Å². The molecule has 0 saturated carbocycles. The van der Waals surface area contributed by atoms with Crippen LogP contribution in [-0.4, -0.2) is 22.1 Å². The topological polar surface area (TPSA) is 83.3 Å². The SMILES string of the molecule is CC(C)(C)[C@@H]1CCc2c(sc(N=Cc3ccc(Sc4nc5ccccc5[nH]4)o3)c2C(=O)Nc2ccc(Cl)cc2)C1. The molecule has 0 unspecified atom stereocenters. The monoisotopic (exact) mass is 588 g/mol. The number of aliphatic imine (C=N–C) groups is 1. The minimum atomic E-state index is -0.151. The second-order valence-corrected chi connectivity index (χ2v) is 13.5. The zero-order valence-corrected chi connectivity index (χ0v) is 24.8. The van der Waals surface area contributed by atoms with Crippen molar-refractivity contribution in [2.75, 3.05) is 5.32 Å². The van der Waals surface area contributed by atoms with Crippen LogP contribution in [-0.2, 0) is 12.8 Å². The maximum absolute atomic E-state index is 13.6. The van der Waals surface area contributed by atoms with Crippen molar-refractivity contribution in [1.82, 2.24) is 9.97 Å². The van der Waals surface area contributed by atoms with Gasteiger partial charge in [0.2, 0.25) is 0 Å². The molecule has 6 rings (SSSR count). The van der Waals surface area contributed by atoms with E-state index in [-0.39, 0.29) is 11.3 Å². The molecule has 6 nitrogen and oxygen atoms in total. The number of hydrogen-bond acceptors (Lipinski definition) is 6. The van der Waals surface area contributed by atoms with Crippen LogP contribution < -0.4 is 5.32 Å². The Labute approximate surface area is 246 Å². The molecule has 0 fully saturated rings. The fraction of sp³-hybridized carbons (Fsp3) is 0.258. The quantitative estimate of drug-likeness (QED) is 0.194. The number of furan rings is 1. The molecule has 0 aliphatic heterocycles. The van der Waals surface area contributed by atoms with E-state index >= 15 is 0 Å². The van der Waals surface area contributed by atoms with Gasteiger partial charge in [0, 0.05) is 15.6 Å². The summed E-state index contributed by atoms with van der Waals surface area (Å²) in [6, 6.07) is 18.9. The molecular formula is C31H29ClN4O2S2. The summed E-state index contributed by atoms with van der Waals surface area (Å²) in [6.45, 7) is 6.88. The van der Waals surface area contributed by atoms with Crippen molar-refractivity contribution >= 4 is 68.5 Å². The number of fused-ring (bicyclic) bond motifs is 2. The van der Waals surface area contributed by atoms with Gasteiger partial charge in [0.15, 0.2) is 10.2 Å². The Kier molecular flexibility index (Phi) is 7.33. The Morgan fingerprint density at radius 1 is 1.18 bits per heavy atom. The van der Waals surface area contributed by atoms with E-state index in [1.807, 2.05) is 48.5 Å². The third-order valence-electron chi connectivity index (χ3n) is 7.28. The summed E-state index contributed by atoms with van der Waals surface area (Å²) in [5.74, 6) is 1.02. The number of imidazole rings is 1. The molecule has 9 heteroatoms. The van der Waals surface area contributed by atoms with Gasteiger partial charge >= 0.3 is 0 Å². The van der Waals surface area contributed by atoms with Gasteiger partial charge in [0.05, 0.1) is 22.8 Å². The van der Waals surface area contributed by atoms with Gasteiger partial charge in [-0.3, -0.25) is 4.79 Å². The summed E-state index contributed by atoms with van der Waals surface area (Å²) in [4.78, 5) is 27.5. The maximum atomic E-state index is 13.6. The number of anilines is 1. The van der Waals surface area contributed by atoms with Crippen LogP contribution in [0.4, 0.5) is 10.7 Å². The van der Waals surface area contributed by atoms with Crippen molar-refractivity contribution in [3.05, 3.63) is 87.5 Å². The number of nitrogens with zero attached hydrogens (tertiary/aromatic N) is 2. The lowest BCUT2D eigenvalue weighted by Crippen LogP contribution is -2.27. The van der Waals surface area contributed by atoms with Crippen molar-refractivity contribution in [3.8, 4) is 0 Å². The van der Waals surface area contributed by atoms with Crippen LogP contribution in [0.25, 0.3) is 11.0 Å². The minimum absolute atomic E-state index is 0.151. The van der Waals surface area contributed by atoms with E-state index in [0.29, 0.717) is 38.0 Å². The van der Waals surface area contributed by atoms with E-state index in [1.54, 1.807) is 29.7 Å². The lowest BCUT2D eigenvalue weighted by molar-refractivity contribution is 0.102. The molecule has 5 aromatic rings. The summed E-state index contributed by atoms with van der Waals surface area (Å²) >= 11 is 9.07. The van der Waals surface area contributed by atoms with E-state index < -0.39 is 0 Å². The normalized spacial score (nSPS) is 15.6. The lowest BCUT2D eigenvalue weighted by atomic mass is 9.72. The van der Waals surface area contributed by atoms with Crippen LogP contribution in [0.5, 0.6) is 0 Å². The van der Waals surface area contributed by atoms with E-state index in [2.05, 4.69) is 36.1 Å². The summed E-state index contributed by atoms with van der Waals surface area (Å²) in [6.07, 6.45) is 4.57. The second kappa shape index (κ2) is 10.9. The number of benzene rings is 2. The number of carbonyl (C=O) groups is 1. The molecule has 1 aliphatic rings. The fourth-order valence-corrected chi connectivity index (χ4v) is 7.18. The first-order chi connectivity index (χ1) is 19.2. The van der Waals surface area contributed by atoms with Crippen LogP contribution in [0, 0.1) is 11.3 Å². The summed E-state index contributed by atoms with van der Waals surface area (Å²) in [5, 5.41) is 5.84. The molecule has 0 radical (unpaired) electrons. The average Bonchev–Trinajstić information content (AvgIpc) is 3.64. The number of aromatic nitrogens is 2. The van der Waals surface area contributed by atoms with Crippen molar-refractivity contribution in [1.29, 1.82) is 0 Å². The zero-order valence-electron chi connectivity index (χ0n) is 22.5. The number of H-pyrrole nitrogens is 1. The van der Waals surface area contributed by atoms with Gasteiger partial charge in [-0.25, -0.2) is 9.98 Å². The van der Waals surface area contributed by atoms with Gasteiger partial charge in [-0.2, -0.15) is 0 Å². The first-order valence-electron chi connectivity index (χ1n) is 13.2. The lowest BCUT2D eigenvalue weighted by Gasteiger charge is -2.33. The average molecular weight is 589 g/mol. The molecule has 3 heterocycles. The number of halogens is 1. The smallest absolute Gasteiger partial charge is 0.259 e. The molecule has 40 heavy (non-hydrogen) atoms. The maximum Gasteiger partial charge on any atom is 0.259 e. The second-order valence-electron chi connectivity index (χ2n) is 11.0. The molecule has 2 N–H and O–H groups in total. The van der Waals surface area contributed by atoms with E-state index in [9.17, 15) is 4.79 Å². The summed E-state index contributed by atoms with van der Waals surface area (Å²) in [5.41, 5.74) is 4.58. The summed E-state index contributed by atoms with van der Waals surface area (Å²) < 4.78 is 6.02. The van der Waals surface area contributed by atoms with E-state index in [1.165, 1.54) is 16.6 Å². The molecule has 0 bridgehead atoms. The number of aromatic amines is 1. The highest BCUT2D eigenvalue weighted by atomic mass is 35.5. The van der Waals surface area contributed by atoms with Crippen molar-refractivity contribution in [2.24, 2.45) is 16.3 Å². The Hall–Kier alpha value is -3.33. The van der Waals surface area contributed by atoms with Crippen LogP contribution in [0.3, 0.4) is 0 Å². The van der Waals surface area contributed by atoms with Crippen LogP contribution in [0.2, 0.25) is 5.02 Å². The standard InChI is InChI=1S/C31H29ClN4O2S2/c1-31(2,3)18-8-14-22-25(16-18)39-29(27(22)28(37)34-20-11-9-19(32)10-12-20)33-17-21-13-15-26(38-21)40-30-35-23-6-4-5-7-24(23)36-30/h4-7,9-13,15,17-18H,8,14,16H2,1-3H3,(H,34,37)(H,35,36)/t18-/m1/s1. The third kappa shape index (κ3) is 5.75. The highest BCUT2D eigenvalue weighted by molar-refractivity contribution is 7.99. The van der Waals surface area contributed by atoms with Crippen molar-refractivity contribution in [2.45, 2.75) is 50.3 Å². The van der Waals surface area contributed by atoms with Gasteiger partial charge in [0.25, 0.3) is 5.91 Å². The van der Waals surface area contributed by atoms with E-state index in [4.69, 9.17) is 21.0 Å². The highest BCUT2D eigenvalue weighted by Crippen LogP contribution is 2.45. The van der Waals surface area contributed by atoms with Crippen LogP contribution >= 0.6 is 34.7 Å². The predicted octanol–water partition coefficient (Wildman–Crippen LogP) is 9.18. The number of hydrogen-bond donors (Lipinski definition) is 2. The third-order valence-corrected chi connectivity index (χ3v) is 9.50. The number of amides is 1. The van der Waals surface area contributed by atoms with Gasteiger partial charge in [-0.1, -0.05) is 44.5 Å². The first-order valence-corrected chi connectivity index (χ1v) is 15.2. The number of thiophene rings is 1. The molecule has 3 aromatic heterocycles. The van der Waals surface area contributed by atoms with Gasteiger partial charge < -0.3 is 14.7 Å². The molecule has 1 amide bonds. The zero-order chi connectivity index (χ0) is 27.9. The van der Waals surface area contributed by atoms with E-state index in [0.717, 1.165) is 41.0 Å². The number of rotatable bonds is 6. The molecule has 1 aliphatic carbocycles. The first kappa shape index (κ1) is 26.9. The number of nitrogens with one attached hydrogen (secondary N) is 2. The fourth-order valence-electron chi connectivity index (χ4n) is 5.02. The molecule has 0 spiro atoms. The van der Waals surface area contributed by atoms with Crippen LogP contribution in [0.15, 0.2) is 80.3 Å². The van der Waals surface area contributed by atoms with Crippen LogP contribution in [0.1, 0.15) is 53.8 Å². The Balaban J connectivity index is 1.26. The molecule has 0 saturated heterocycles. The highest BCUT2D eigenvalue weighted by Gasteiger charge is 2.33. The van der Waals surface area contributed by atoms with Crippen molar-refractivity contribution in [3.63, 3.8) is 0 Å². The molecule has 2 aromatic carbocycles. The van der Waals surface area contributed by atoms with Crippen molar-refractivity contribution < 1.29 is 9.21 Å². The molecule has 204 valence electrons. The van der Waals surface area contributed by atoms with Gasteiger partial charge in [-0.15, -0.1) is 11.3 Å². The Bertz CT molecular complexity index is 1680.